The second kappa shape index (κ2) is 14.6. The van der Waals surface area contributed by atoms with Crippen molar-refractivity contribution in [2.45, 2.75) is 79.1 Å². The molecule has 0 amide bonds. The van der Waals surface area contributed by atoms with E-state index in [1.165, 1.54) is 0 Å². The van der Waals surface area contributed by atoms with Crippen LogP contribution in [0.4, 0.5) is 0 Å². The quantitative estimate of drug-likeness (QED) is 0.271. The summed E-state index contributed by atoms with van der Waals surface area (Å²) >= 11 is 3.39. The Bertz CT molecular complexity index is 579. The summed E-state index contributed by atoms with van der Waals surface area (Å²) in [5, 5.41) is 0. The van der Waals surface area contributed by atoms with Crippen molar-refractivity contribution in [2.75, 3.05) is 13.2 Å². The number of hydrogen-bond donors (Lipinski definition) is 0. The predicted molar refractivity (Wildman–Crippen MR) is 121 cm³/mol. The Labute approximate surface area is 184 Å². The molecule has 0 aliphatic carbocycles. The van der Waals surface area contributed by atoms with Gasteiger partial charge in [-0.15, -0.1) is 0 Å². The number of rotatable bonds is 14. The Morgan fingerprint density at radius 2 is 1.21 bits per heavy atom. The lowest BCUT2D eigenvalue weighted by Crippen LogP contribution is -2.16. The number of carbonyl (C=O) groups is 2. The maximum Gasteiger partial charge on any atom is 0.338 e. The summed E-state index contributed by atoms with van der Waals surface area (Å²) in [7, 11) is 0. The summed E-state index contributed by atoms with van der Waals surface area (Å²) in [4.78, 5) is 25.0. The molecule has 29 heavy (non-hydrogen) atoms. The van der Waals surface area contributed by atoms with Gasteiger partial charge in [-0.3, -0.25) is 0 Å². The topological polar surface area (TPSA) is 52.6 Å². The van der Waals surface area contributed by atoms with E-state index < -0.39 is 11.9 Å². The highest BCUT2D eigenvalue weighted by atomic mass is 79.9. The van der Waals surface area contributed by atoms with Gasteiger partial charge in [0.2, 0.25) is 0 Å². The van der Waals surface area contributed by atoms with Crippen molar-refractivity contribution in [3.8, 4) is 0 Å². The fourth-order valence-corrected chi connectivity index (χ4v) is 3.67. The molecule has 0 aliphatic rings. The van der Waals surface area contributed by atoms with Crippen LogP contribution in [0.1, 0.15) is 99.8 Å². The summed E-state index contributed by atoms with van der Waals surface area (Å²) in [5.74, 6) is -0.0384. The standard InChI is InChI=1S/C24H37BrO4/c1-5-9-11-18(7-3)16-28-23(26)20-13-21(15-22(25)14-20)24(27)29-17-19(8-4)12-10-6-2/h13-15,18-19H,5-12,16-17H2,1-4H3. The maximum absolute atomic E-state index is 12.5. The van der Waals surface area contributed by atoms with Gasteiger partial charge in [-0.1, -0.05) is 82.1 Å². The third-order valence-electron chi connectivity index (χ3n) is 5.36. The SMILES string of the molecule is CCCCC(CC)COC(=O)c1cc(Br)cc(C(=O)OCC(CC)CCCC)c1. The van der Waals surface area contributed by atoms with E-state index in [0.29, 0.717) is 40.6 Å². The van der Waals surface area contributed by atoms with Crippen LogP contribution in [0.2, 0.25) is 0 Å². The molecule has 4 nitrogen and oxygen atoms in total. The highest BCUT2D eigenvalue weighted by Gasteiger charge is 2.17. The van der Waals surface area contributed by atoms with Gasteiger partial charge < -0.3 is 9.47 Å². The first-order chi connectivity index (χ1) is 13.9. The maximum atomic E-state index is 12.5. The van der Waals surface area contributed by atoms with E-state index >= 15 is 0 Å². The third kappa shape index (κ3) is 9.79. The number of carbonyl (C=O) groups excluding carboxylic acids is 2. The fraction of sp³-hybridized carbons (Fsp3) is 0.667. The van der Waals surface area contributed by atoms with Gasteiger partial charge in [0.1, 0.15) is 0 Å². The van der Waals surface area contributed by atoms with E-state index in [2.05, 4.69) is 43.6 Å². The second-order valence-corrected chi connectivity index (χ2v) is 8.67. The first-order valence-corrected chi connectivity index (χ1v) is 11.9. The van der Waals surface area contributed by atoms with Gasteiger partial charge >= 0.3 is 11.9 Å². The molecule has 0 aliphatic heterocycles. The number of hydrogen-bond acceptors (Lipinski definition) is 4. The molecule has 0 spiro atoms. The molecule has 2 unspecified atom stereocenters. The van der Waals surface area contributed by atoms with Gasteiger partial charge in [0.05, 0.1) is 24.3 Å². The van der Waals surface area contributed by atoms with E-state index in [4.69, 9.17) is 9.47 Å². The van der Waals surface area contributed by atoms with Crippen LogP contribution in [0, 0.1) is 11.8 Å². The number of ether oxygens (including phenoxy) is 2. The molecule has 5 heteroatoms. The highest BCUT2D eigenvalue weighted by molar-refractivity contribution is 9.10. The molecule has 1 aromatic carbocycles. The number of benzene rings is 1. The van der Waals surface area contributed by atoms with Crippen LogP contribution in [-0.2, 0) is 9.47 Å². The normalized spacial score (nSPS) is 13.0. The van der Waals surface area contributed by atoms with Crippen molar-refractivity contribution in [2.24, 2.45) is 11.8 Å². The minimum absolute atomic E-state index is 0.370. The Morgan fingerprint density at radius 1 is 0.793 bits per heavy atom. The number of unbranched alkanes of at least 4 members (excludes halogenated alkanes) is 2. The van der Waals surface area contributed by atoms with Crippen LogP contribution in [0.3, 0.4) is 0 Å². The summed E-state index contributed by atoms with van der Waals surface area (Å²) in [6, 6.07) is 4.93. The van der Waals surface area contributed by atoms with E-state index in [-0.39, 0.29) is 0 Å². The van der Waals surface area contributed by atoms with E-state index in [9.17, 15) is 9.59 Å². The van der Waals surface area contributed by atoms with Crippen molar-refractivity contribution < 1.29 is 19.1 Å². The molecule has 0 saturated heterocycles. The van der Waals surface area contributed by atoms with E-state index in [0.717, 1.165) is 51.4 Å². The van der Waals surface area contributed by atoms with E-state index in [1.54, 1.807) is 18.2 Å². The molecule has 0 aromatic heterocycles. The van der Waals surface area contributed by atoms with Crippen molar-refractivity contribution in [1.29, 1.82) is 0 Å². The number of halogens is 1. The molecule has 1 aromatic rings. The lowest BCUT2D eigenvalue weighted by atomic mass is 10.0. The predicted octanol–water partition coefficient (Wildman–Crippen LogP) is 7.20. The molecular formula is C24H37BrO4. The minimum Gasteiger partial charge on any atom is -0.462 e. The van der Waals surface area contributed by atoms with Gasteiger partial charge in [0, 0.05) is 4.47 Å². The zero-order valence-electron chi connectivity index (χ0n) is 18.5. The van der Waals surface area contributed by atoms with Crippen LogP contribution >= 0.6 is 15.9 Å². The average Bonchev–Trinajstić information content (AvgIpc) is 2.73. The van der Waals surface area contributed by atoms with Crippen LogP contribution in [0.5, 0.6) is 0 Å². The largest absolute Gasteiger partial charge is 0.462 e. The van der Waals surface area contributed by atoms with Gasteiger partial charge in [-0.25, -0.2) is 9.59 Å². The summed E-state index contributed by atoms with van der Waals surface area (Å²) in [5.41, 5.74) is 0.740. The van der Waals surface area contributed by atoms with Crippen LogP contribution < -0.4 is 0 Å². The van der Waals surface area contributed by atoms with E-state index in [1.807, 2.05) is 0 Å². The molecule has 2 atom stereocenters. The molecule has 1 rings (SSSR count). The van der Waals surface area contributed by atoms with Crippen molar-refractivity contribution in [3.63, 3.8) is 0 Å². The monoisotopic (exact) mass is 468 g/mol. The minimum atomic E-state index is -0.398. The highest BCUT2D eigenvalue weighted by Crippen LogP contribution is 2.20. The molecule has 0 radical (unpaired) electrons. The van der Waals surface area contributed by atoms with Crippen LogP contribution in [-0.4, -0.2) is 25.2 Å². The lowest BCUT2D eigenvalue weighted by Gasteiger charge is -2.16. The first-order valence-electron chi connectivity index (χ1n) is 11.1. The Kier molecular flexibility index (Phi) is 12.9. The summed E-state index contributed by atoms with van der Waals surface area (Å²) < 4.78 is 11.7. The van der Waals surface area contributed by atoms with Gasteiger partial charge in [-0.2, -0.15) is 0 Å². The fourth-order valence-electron chi connectivity index (χ4n) is 3.18. The molecule has 0 fully saturated rings. The Morgan fingerprint density at radius 3 is 1.55 bits per heavy atom. The molecule has 0 saturated carbocycles. The number of esters is 2. The molecule has 164 valence electrons. The second-order valence-electron chi connectivity index (χ2n) is 7.76. The Balaban J connectivity index is 2.70. The zero-order chi connectivity index (χ0) is 21.6. The van der Waals surface area contributed by atoms with Gasteiger partial charge in [0.15, 0.2) is 0 Å². The van der Waals surface area contributed by atoms with Gasteiger partial charge in [0.25, 0.3) is 0 Å². The average molecular weight is 469 g/mol. The van der Waals surface area contributed by atoms with Crippen molar-refractivity contribution >= 4 is 27.9 Å². The Hall–Kier alpha value is -1.36. The lowest BCUT2D eigenvalue weighted by molar-refractivity contribution is 0.0426. The molecule has 0 N–H and O–H groups in total. The van der Waals surface area contributed by atoms with Crippen molar-refractivity contribution in [3.05, 3.63) is 33.8 Å². The van der Waals surface area contributed by atoms with Crippen LogP contribution in [0.15, 0.2) is 22.7 Å². The van der Waals surface area contributed by atoms with Crippen LogP contribution in [0.25, 0.3) is 0 Å². The van der Waals surface area contributed by atoms with Gasteiger partial charge in [-0.05, 0) is 42.9 Å². The summed E-state index contributed by atoms with van der Waals surface area (Å²) in [6.07, 6.45) is 8.65. The third-order valence-corrected chi connectivity index (χ3v) is 5.81. The zero-order valence-corrected chi connectivity index (χ0v) is 20.1. The molecular weight excluding hydrogens is 432 g/mol. The summed E-state index contributed by atoms with van der Waals surface area (Å²) in [6.45, 7) is 9.38. The smallest absolute Gasteiger partial charge is 0.338 e. The molecule has 0 bridgehead atoms. The molecule has 0 heterocycles. The van der Waals surface area contributed by atoms with Crippen molar-refractivity contribution in [1.82, 2.24) is 0 Å². The first kappa shape index (κ1) is 25.7.